The molecule has 124 valence electrons. The zero-order valence-corrected chi connectivity index (χ0v) is 15.8. The molecule has 0 aliphatic carbocycles. The van der Waals surface area contributed by atoms with E-state index < -0.39 is 5.54 Å². The number of nitrogens with one attached hydrogen (secondary N) is 1. The van der Waals surface area contributed by atoms with Crippen LogP contribution in [-0.2, 0) is 16.9 Å². The van der Waals surface area contributed by atoms with Gasteiger partial charge in [0.1, 0.15) is 5.54 Å². The average Bonchev–Trinajstić information content (AvgIpc) is 2.80. The molecule has 2 aromatic carbocycles. The number of thioether (sulfide) groups is 1. The van der Waals surface area contributed by atoms with Crippen LogP contribution in [0.1, 0.15) is 18.1 Å². The molecule has 1 fully saturated rings. The molecule has 3 rings (SSSR count). The number of hydrogen-bond donors (Lipinski definition) is 1. The van der Waals surface area contributed by atoms with Gasteiger partial charge in [0.25, 0.3) is 5.91 Å². The topological polar surface area (TPSA) is 49.4 Å². The largest absolute Gasteiger partial charge is 0.325 e. The number of carbonyl (C=O) groups excluding carboxylic acids is 2. The number of benzene rings is 2. The highest BCUT2D eigenvalue weighted by atomic mass is 79.9. The van der Waals surface area contributed by atoms with Crippen LogP contribution in [0.15, 0.2) is 57.9 Å². The third-order valence-corrected chi connectivity index (χ3v) is 5.41. The molecule has 0 aromatic heterocycles. The Morgan fingerprint density at radius 1 is 1.17 bits per heavy atom. The van der Waals surface area contributed by atoms with E-state index in [1.165, 1.54) is 4.90 Å². The second-order valence-electron chi connectivity index (χ2n) is 5.80. The van der Waals surface area contributed by atoms with Crippen LogP contribution >= 0.6 is 27.7 Å². The molecule has 0 spiro atoms. The van der Waals surface area contributed by atoms with Gasteiger partial charge in [-0.25, -0.2) is 4.79 Å². The minimum absolute atomic E-state index is 0.237. The summed E-state index contributed by atoms with van der Waals surface area (Å²) in [5, 5.41) is 2.83. The minimum atomic E-state index is -1.04. The molecule has 1 aliphatic heterocycles. The first-order chi connectivity index (χ1) is 11.4. The lowest BCUT2D eigenvalue weighted by Crippen LogP contribution is -2.40. The fourth-order valence-corrected chi connectivity index (χ4v) is 3.56. The SMILES string of the molecule is CSc1ccc(CN2C(=O)N[C@@](C)(c3cccc(Br)c3)C2=O)cc1. The van der Waals surface area contributed by atoms with Gasteiger partial charge in [-0.1, -0.05) is 40.2 Å². The summed E-state index contributed by atoms with van der Waals surface area (Å²) in [6.45, 7) is 2.01. The summed E-state index contributed by atoms with van der Waals surface area (Å²) >= 11 is 5.07. The molecule has 3 amide bonds. The monoisotopic (exact) mass is 404 g/mol. The fraction of sp³-hybridized carbons (Fsp3) is 0.222. The molecule has 1 heterocycles. The van der Waals surface area contributed by atoms with Crippen molar-refractivity contribution in [1.29, 1.82) is 0 Å². The number of rotatable bonds is 4. The summed E-state index contributed by atoms with van der Waals surface area (Å²) in [5.41, 5.74) is 0.644. The second kappa shape index (κ2) is 6.61. The summed E-state index contributed by atoms with van der Waals surface area (Å²) in [7, 11) is 0. The van der Waals surface area contributed by atoms with Gasteiger partial charge < -0.3 is 5.32 Å². The first-order valence-electron chi connectivity index (χ1n) is 7.47. The summed E-state index contributed by atoms with van der Waals surface area (Å²) < 4.78 is 0.870. The van der Waals surface area contributed by atoms with Crippen LogP contribution in [0.4, 0.5) is 4.79 Å². The van der Waals surface area contributed by atoms with E-state index >= 15 is 0 Å². The van der Waals surface area contributed by atoms with E-state index in [0.29, 0.717) is 0 Å². The van der Waals surface area contributed by atoms with Gasteiger partial charge in [0.15, 0.2) is 0 Å². The van der Waals surface area contributed by atoms with Crippen molar-refractivity contribution < 1.29 is 9.59 Å². The number of halogens is 1. The van der Waals surface area contributed by atoms with Gasteiger partial charge in [-0.2, -0.15) is 0 Å². The molecule has 6 heteroatoms. The first-order valence-corrected chi connectivity index (χ1v) is 9.49. The van der Waals surface area contributed by atoms with Gasteiger partial charge in [-0.15, -0.1) is 11.8 Å². The molecule has 0 radical (unpaired) electrons. The highest BCUT2D eigenvalue weighted by Crippen LogP contribution is 2.31. The van der Waals surface area contributed by atoms with Crippen molar-refractivity contribution in [2.24, 2.45) is 0 Å². The molecule has 0 saturated carbocycles. The van der Waals surface area contributed by atoms with Crippen molar-refractivity contribution in [3.8, 4) is 0 Å². The molecule has 1 atom stereocenters. The second-order valence-corrected chi connectivity index (χ2v) is 7.60. The fourth-order valence-electron chi connectivity index (χ4n) is 2.75. The number of hydrogen-bond acceptors (Lipinski definition) is 3. The number of imide groups is 1. The Morgan fingerprint density at radius 3 is 2.50 bits per heavy atom. The van der Waals surface area contributed by atoms with Crippen LogP contribution in [0.5, 0.6) is 0 Å². The molecule has 0 bridgehead atoms. The molecular weight excluding hydrogens is 388 g/mol. The third kappa shape index (κ3) is 3.08. The van der Waals surface area contributed by atoms with E-state index in [1.807, 2.05) is 54.8 Å². The zero-order chi connectivity index (χ0) is 17.3. The standard InChI is InChI=1S/C18H17BrN2O2S/c1-18(13-4-3-5-14(19)10-13)16(22)21(17(23)20-18)11-12-6-8-15(24-2)9-7-12/h3-10H,11H2,1-2H3,(H,20,23)/t18-/m0/s1. The van der Waals surface area contributed by atoms with E-state index in [0.717, 1.165) is 20.5 Å². The molecule has 1 aliphatic rings. The summed E-state index contributed by atoms with van der Waals surface area (Å²) in [5.74, 6) is -0.237. The maximum atomic E-state index is 12.9. The Kier molecular flexibility index (Phi) is 4.69. The minimum Gasteiger partial charge on any atom is -0.319 e. The van der Waals surface area contributed by atoms with Gasteiger partial charge in [-0.05, 0) is 48.6 Å². The van der Waals surface area contributed by atoms with E-state index in [-0.39, 0.29) is 18.5 Å². The predicted octanol–water partition coefficient (Wildman–Crippen LogP) is 4.14. The maximum Gasteiger partial charge on any atom is 0.325 e. The molecule has 2 aromatic rings. The molecule has 0 unspecified atom stereocenters. The summed E-state index contributed by atoms with van der Waals surface area (Å²) in [6, 6.07) is 15.0. The van der Waals surface area contributed by atoms with Crippen molar-refractivity contribution >= 4 is 39.6 Å². The Balaban J connectivity index is 1.85. The van der Waals surface area contributed by atoms with Gasteiger partial charge in [0, 0.05) is 9.37 Å². The summed E-state index contributed by atoms with van der Waals surface area (Å²) in [6.07, 6.45) is 2.01. The highest BCUT2D eigenvalue weighted by molar-refractivity contribution is 9.10. The Hall–Kier alpha value is -1.79. The van der Waals surface area contributed by atoms with Crippen molar-refractivity contribution in [2.75, 3.05) is 6.26 Å². The Labute approximate surface area is 153 Å². The van der Waals surface area contributed by atoms with E-state index in [9.17, 15) is 9.59 Å². The van der Waals surface area contributed by atoms with Crippen molar-refractivity contribution in [3.05, 3.63) is 64.1 Å². The van der Waals surface area contributed by atoms with Crippen LogP contribution in [-0.4, -0.2) is 23.1 Å². The van der Waals surface area contributed by atoms with E-state index in [4.69, 9.17) is 0 Å². The summed E-state index contributed by atoms with van der Waals surface area (Å²) in [4.78, 5) is 27.7. The van der Waals surface area contributed by atoms with E-state index in [1.54, 1.807) is 18.7 Å². The van der Waals surface area contributed by atoms with Crippen LogP contribution in [0.3, 0.4) is 0 Å². The quantitative estimate of drug-likeness (QED) is 0.615. The van der Waals surface area contributed by atoms with Crippen LogP contribution in [0, 0.1) is 0 Å². The van der Waals surface area contributed by atoms with Gasteiger partial charge in [0.05, 0.1) is 6.54 Å². The Morgan fingerprint density at radius 2 is 1.88 bits per heavy atom. The zero-order valence-electron chi connectivity index (χ0n) is 13.4. The van der Waals surface area contributed by atoms with Crippen LogP contribution in [0.2, 0.25) is 0 Å². The van der Waals surface area contributed by atoms with Crippen molar-refractivity contribution in [1.82, 2.24) is 10.2 Å². The molecular formula is C18H17BrN2O2S. The number of amides is 3. The third-order valence-electron chi connectivity index (χ3n) is 4.18. The normalized spacial score (nSPS) is 20.4. The van der Waals surface area contributed by atoms with Gasteiger partial charge >= 0.3 is 6.03 Å². The molecule has 1 saturated heterocycles. The average molecular weight is 405 g/mol. The van der Waals surface area contributed by atoms with Gasteiger partial charge in [-0.3, -0.25) is 9.69 Å². The number of urea groups is 1. The van der Waals surface area contributed by atoms with Crippen LogP contribution < -0.4 is 5.32 Å². The molecule has 4 nitrogen and oxygen atoms in total. The lowest BCUT2D eigenvalue weighted by molar-refractivity contribution is -0.131. The van der Waals surface area contributed by atoms with E-state index in [2.05, 4.69) is 21.2 Å². The number of nitrogens with zero attached hydrogens (tertiary/aromatic N) is 1. The lowest BCUT2D eigenvalue weighted by Gasteiger charge is -2.22. The molecule has 1 N–H and O–H groups in total. The van der Waals surface area contributed by atoms with Gasteiger partial charge in [0.2, 0.25) is 0 Å². The first kappa shape index (κ1) is 17.0. The Bertz CT molecular complexity index is 794. The van der Waals surface area contributed by atoms with Crippen molar-refractivity contribution in [2.45, 2.75) is 23.9 Å². The smallest absolute Gasteiger partial charge is 0.319 e. The molecule has 24 heavy (non-hydrogen) atoms. The van der Waals surface area contributed by atoms with Crippen molar-refractivity contribution in [3.63, 3.8) is 0 Å². The highest BCUT2D eigenvalue weighted by Gasteiger charge is 2.48. The maximum absolute atomic E-state index is 12.9. The van der Waals surface area contributed by atoms with Crippen LogP contribution in [0.25, 0.3) is 0 Å². The lowest BCUT2D eigenvalue weighted by atomic mass is 9.92. The predicted molar refractivity (Wildman–Crippen MR) is 98.8 cm³/mol. The number of carbonyl (C=O) groups is 2.